The van der Waals surface area contributed by atoms with Crippen LogP contribution < -0.4 is 0 Å². The van der Waals surface area contributed by atoms with Crippen molar-refractivity contribution < 1.29 is 5.11 Å². The van der Waals surface area contributed by atoms with Crippen LogP contribution >= 0.6 is 0 Å². The zero-order valence-electron chi connectivity index (χ0n) is 14.9. The zero-order valence-corrected chi connectivity index (χ0v) is 14.9. The molecule has 0 saturated heterocycles. The summed E-state index contributed by atoms with van der Waals surface area (Å²) in [6, 6.07) is 4.26. The van der Waals surface area contributed by atoms with Gasteiger partial charge in [-0.05, 0) is 46.6 Å². The third kappa shape index (κ3) is 3.34. The van der Waals surface area contributed by atoms with E-state index in [9.17, 15) is 5.11 Å². The van der Waals surface area contributed by atoms with Gasteiger partial charge >= 0.3 is 0 Å². The summed E-state index contributed by atoms with van der Waals surface area (Å²) in [7, 11) is 0. The van der Waals surface area contributed by atoms with Crippen LogP contribution in [0.15, 0.2) is 24.5 Å². The van der Waals surface area contributed by atoms with Crippen molar-refractivity contribution in [1.82, 2.24) is 9.55 Å². The molecule has 1 heterocycles. The van der Waals surface area contributed by atoms with E-state index in [2.05, 4.69) is 63.2 Å². The highest BCUT2D eigenvalue weighted by atomic mass is 16.3. The molecule has 0 aliphatic heterocycles. The molecular weight excluding hydrogens is 272 g/mol. The second-order valence-electron chi connectivity index (χ2n) is 8.14. The first-order valence-electron chi connectivity index (χ1n) is 7.85. The lowest BCUT2D eigenvalue weighted by molar-refractivity contribution is 0.422. The largest absolute Gasteiger partial charge is 0.507 e. The molecule has 0 aliphatic rings. The Morgan fingerprint density at radius 2 is 1.50 bits per heavy atom. The number of aryl methyl sites for hydroxylation is 1. The van der Waals surface area contributed by atoms with Crippen molar-refractivity contribution >= 4 is 0 Å². The van der Waals surface area contributed by atoms with Gasteiger partial charge in [0.15, 0.2) is 0 Å². The van der Waals surface area contributed by atoms with Gasteiger partial charge in [0.1, 0.15) is 11.6 Å². The molecule has 0 spiro atoms. The number of hydrogen-bond acceptors (Lipinski definition) is 2. The number of aromatic nitrogens is 2. The SMILES string of the molecule is Cc1nccn1Cc1cc(C(C)(C)C)c(O)c(C(C)(C)C)c1. The van der Waals surface area contributed by atoms with E-state index in [0.717, 1.165) is 23.5 Å². The van der Waals surface area contributed by atoms with Crippen molar-refractivity contribution in [3.8, 4) is 5.75 Å². The Hall–Kier alpha value is -1.77. The number of phenolic OH excluding ortho intramolecular Hbond substituents is 1. The summed E-state index contributed by atoms with van der Waals surface area (Å²) in [5.74, 6) is 1.44. The first-order chi connectivity index (χ1) is 10.00. The van der Waals surface area contributed by atoms with E-state index in [0.29, 0.717) is 5.75 Å². The summed E-state index contributed by atoms with van der Waals surface area (Å²) in [5.41, 5.74) is 3.03. The summed E-state index contributed by atoms with van der Waals surface area (Å²) in [5, 5.41) is 10.7. The molecule has 0 unspecified atom stereocenters. The van der Waals surface area contributed by atoms with Crippen molar-refractivity contribution in [3.63, 3.8) is 0 Å². The molecule has 1 aromatic heterocycles. The highest BCUT2D eigenvalue weighted by Crippen LogP contribution is 2.39. The van der Waals surface area contributed by atoms with Gasteiger partial charge in [0, 0.05) is 18.9 Å². The molecule has 0 radical (unpaired) electrons. The normalized spacial score (nSPS) is 12.7. The predicted molar refractivity (Wildman–Crippen MR) is 91.6 cm³/mol. The molecule has 0 saturated carbocycles. The molecule has 0 amide bonds. The molecular formula is C19H28N2O. The number of rotatable bonds is 2. The maximum absolute atomic E-state index is 10.7. The molecule has 0 aliphatic carbocycles. The number of benzene rings is 1. The topological polar surface area (TPSA) is 38.0 Å². The minimum Gasteiger partial charge on any atom is -0.507 e. The summed E-state index contributed by atoms with van der Waals surface area (Å²) < 4.78 is 2.13. The third-order valence-electron chi connectivity index (χ3n) is 4.06. The van der Waals surface area contributed by atoms with Crippen molar-refractivity contribution in [1.29, 1.82) is 0 Å². The van der Waals surface area contributed by atoms with Gasteiger partial charge in [-0.15, -0.1) is 0 Å². The fourth-order valence-corrected chi connectivity index (χ4v) is 2.70. The minimum atomic E-state index is -0.0932. The molecule has 1 N–H and O–H groups in total. The van der Waals surface area contributed by atoms with Crippen LogP contribution in [0.3, 0.4) is 0 Å². The maximum Gasteiger partial charge on any atom is 0.123 e. The predicted octanol–water partition coefficient (Wildman–Crippen LogP) is 4.54. The van der Waals surface area contributed by atoms with E-state index < -0.39 is 0 Å². The first kappa shape index (κ1) is 16.6. The molecule has 0 bridgehead atoms. The Kier molecular flexibility index (Phi) is 4.12. The second-order valence-corrected chi connectivity index (χ2v) is 8.14. The van der Waals surface area contributed by atoms with Crippen LogP contribution in [0.1, 0.15) is 64.1 Å². The van der Waals surface area contributed by atoms with E-state index in [1.807, 2.05) is 19.3 Å². The van der Waals surface area contributed by atoms with Gasteiger partial charge in [0.05, 0.1) is 0 Å². The van der Waals surface area contributed by atoms with Crippen LogP contribution in [-0.2, 0) is 17.4 Å². The standard InChI is InChI=1S/C19H28N2O/c1-13-20-8-9-21(13)12-14-10-15(18(2,3)4)17(22)16(11-14)19(5,6)7/h8-11,22H,12H2,1-7H3. The fourth-order valence-electron chi connectivity index (χ4n) is 2.70. The lowest BCUT2D eigenvalue weighted by atomic mass is 9.78. The smallest absolute Gasteiger partial charge is 0.123 e. The van der Waals surface area contributed by atoms with E-state index >= 15 is 0 Å². The van der Waals surface area contributed by atoms with Crippen LogP contribution in [0, 0.1) is 6.92 Å². The zero-order chi connectivity index (χ0) is 16.7. The van der Waals surface area contributed by atoms with Crippen LogP contribution in [0.5, 0.6) is 5.75 Å². The lowest BCUT2D eigenvalue weighted by Gasteiger charge is -2.28. The second kappa shape index (κ2) is 5.45. The van der Waals surface area contributed by atoms with Crippen molar-refractivity contribution in [2.45, 2.75) is 65.8 Å². The average Bonchev–Trinajstić information content (AvgIpc) is 2.74. The molecule has 0 fully saturated rings. The number of hydrogen-bond donors (Lipinski definition) is 1. The average molecular weight is 300 g/mol. The Bertz CT molecular complexity index is 634. The van der Waals surface area contributed by atoms with Crippen LogP contribution in [-0.4, -0.2) is 14.7 Å². The molecule has 120 valence electrons. The molecule has 0 atom stereocenters. The Morgan fingerprint density at radius 3 is 1.86 bits per heavy atom. The molecule has 3 nitrogen and oxygen atoms in total. The highest BCUT2D eigenvalue weighted by molar-refractivity contribution is 5.50. The summed E-state index contributed by atoms with van der Waals surface area (Å²) in [6.45, 7) is 15.6. The van der Waals surface area contributed by atoms with E-state index in [1.165, 1.54) is 5.56 Å². The van der Waals surface area contributed by atoms with Gasteiger partial charge < -0.3 is 9.67 Å². The lowest BCUT2D eigenvalue weighted by Crippen LogP contribution is -2.18. The third-order valence-corrected chi connectivity index (χ3v) is 4.06. The quantitative estimate of drug-likeness (QED) is 0.884. The fraction of sp³-hybridized carbons (Fsp3) is 0.526. The van der Waals surface area contributed by atoms with Crippen molar-refractivity contribution in [2.24, 2.45) is 0 Å². The Balaban J connectivity index is 2.58. The van der Waals surface area contributed by atoms with Crippen LogP contribution in [0.4, 0.5) is 0 Å². The molecule has 3 heteroatoms. The van der Waals surface area contributed by atoms with Gasteiger partial charge in [0.25, 0.3) is 0 Å². The molecule has 2 aromatic rings. The molecule has 1 aromatic carbocycles. The van der Waals surface area contributed by atoms with Crippen molar-refractivity contribution in [3.05, 3.63) is 47.0 Å². The number of nitrogens with zero attached hydrogens (tertiary/aromatic N) is 2. The minimum absolute atomic E-state index is 0.0932. The monoisotopic (exact) mass is 300 g/mol. The number of phenols is 1. The summed E-state index contributed by atoms with van der Waals surface area (Å²) in [4.78, 5) is 4.29. The van der Waals surface area contributed by atoms with E-state index in [4.69, 9.17) is 0 Å². The van der Waals surface area contributed by atoms with Crippen molar-refractivity contribution in [2.75, 3.05) is 0 Å². The molecule has 22 heavy (non-hydrogen) atoms. The van der Waals surface area contributed by atoms with E-state index in [-0.39, 0.29) is 10.8 Å². The summed E-state index contributed by atoms with van der Waals surface area (Å²) >= 11 is 0. The Morgan fingerprint density at radius 1 is 1.00 bits per heavy atom. The van der Waals surface area contributed by atoms with Crippen LogP contribution in [0.2, 0.25) is 0 Å². The highest BCUT2D eigenvalue weighted by Gasteiger charge is 2.26. The van der Waals surface area contributed by atoms with Gasteiger partial charge in [-0.1, -0.05) is 41.5 Å². The molecule has 2 rings (SSSR count). The first-order valence-corrected chi connectivity index (χ1v) is 7.85. The number of aromatic hydroxyl groups is 1. The van der Waals surface area contributed by atoms with Gasteiger partial charge in [-0.25, -0.2) is 4.98 Å². The Labute approximate surface area is 134 Å². The number of imidazole rings is 1. The van der Waals surface area contributed by atoms with Crippen LogP contribution in [0.25, 0.3) is 0 Å². The summed E-state index contributed by atoms with van der Waals surface area (Å²) in [6.07, 6.45) is 3.82. The van der Waals surface area contributed by atoms with E-state index in [1.54, 1.807) is 0 Å². The van der Waals surface area contributed by atoms with Gasteiger partial charge in [-0.3, -0.25) is 0 Å². The van der Waals surface area contributed by atoms with Gasteiger partial charge in [-0.2, -0.15) is 0 Å². The maximum atomic E-state index is 10.7. The van der Waals surface area contributed by atoms with Gasteiger partial charge in [0.2, 0.25) is 0 Å².